The van der Waals surface area contributed by atoms with Crippen molar-refractivity contribution in [1.82, 2.24) is 5.32 Å². The van der Waals surface area contributed by atoms with Crippen LogP contribution in [0.1, 0.15) is 59.3 Å². The molecule has 3 aliphatic rings. The van der Waals surface area contributed by atoms with Crippen LogP contribution in [0.2, 0.25) is 0 Å². The number of ether oxygens (including phenoxy) is 2. The van der Waals surface area contributed by atoms with Gasteiger partial charge in [0, 0.05) is 11.5 Å². The Morgan fingerprint density at radius 1 is 1.15 bits per heavy atom. The van der Waals surface area contributed by atoms with E-state index in [9.17, 15) is 9.59 Å². The zero-order chi connectivity index (χ0) is 19.4. The lowest BCUT2D eigenvalue weighted by Crippen LogP contribution is -2.55. The summed E-state index contributed by atoms with van der Waals surface area (Å²) in [4.78, 5) is 25.4. The van der Waals surface area contributed by atoms with Crippen LogP contribution in [-0.2, 0) is 19.1 Å². The first kappa shape index (κ1) is 20.1. The SMILES string of the molecule is CCOC(=O)C(CC)(CC)NC(=O)C1=CC(OCC2CC2)C(C2CC2)C=C1. The van der Waals surface area contributed by atoms with E-state index in [2.05, 4.69) is 11.4 Å². The molecule has 3 aliphatic carbocycles. The molecule has 3 rings (SSSR count). The number of rotatable bonds is 10. The molecule has 5 nitrogen and oxygen atoms in total. The van der Waals surface area contributed by atoms with Crippen LogP contribution in [0.3, 0.4) is 0 Å². The summed E-state index contributed by atoms with van der Waals surface area (Å²) in [6, 6.07) is 0. The number of amides is 1. The quantitative estimate of drug-likeness (QED) is 0.593. The fraction of sp³-hybridized carbons (Fsp3) is 0.727. The third kappa shape index (κ3) is 4.81. The molecule has 1 N–H and O–H groups in total. The Morgan fingerprint density at radius 3 is 2.41 bits per heavy atom. The van der Waals surface area contributed by atoms with Gasteiger partial charge in [-0.25, -0.2) is 4.79 Å². The highest BCUT2D eigenvalue weighted by Crippen LogP contribution is 2.42. The molecule has 2 unspecified atom stereocenters. The highest BCUT2D eigenvalue weighted by molar-refractivity contribution is 6.00. The molecular weight excluding hydrogens is 342 g/mol. The van der Waals surface area contributed by atoms with Crippen molar-refractivity contribution in [3.8, 4) is 0 Å². The number of carbonyl (C=O) groups is 2. The minimum absolute atomic E-state index is 0.0379. The van der Waals surface area contributed by atoms with E-state index in [1.807, 2.05) is 26.0 Å². The van der Waals surface area contributed by atoms with Crippen LogP contribution in [0.15, 0.2) is 23.8 Å². The van der Waals surface area contributed by atoms with Crippen molar-refractivity contribution < 1.29 is 19.1 Å². The van der Waals surface area contributed by atoms with Gasteiger partial charge in [-0.2, -0.15) is 0 Å². The van der Waals surface area contributed by atoms with Crippen molar-refractivity contribution in [2.45, 2.75) is 70.9 Å². The minimum atomic E-state index is -0.973. The molecule has 0 bridgehead atoms. The molecule has 0 aliphatic heterocycles. The summed E-state index contributed by atoms with van der Waals surface area (Å²) in [5, 5.41) is 2.95. The summed E-state index contributed by atoms with van der Waals surface area (Å²) < 4.78 is 11.4. The lowest BCUT2D eigenvalue weighted by atomic mass is 9.88. The Labute approximate surface area is 162 Å². The third-order valence-electron chi connectivity index (χ3n) is 6.10. The molecular formula is C22H33NO4. The maximum Gasteiger partial charge on any atom is 0.331 e. The van der Waals surface area contributed by atoms with Crippen molar-refractivity contribution in [2.75, 3.05) is 13.2 Å². The number of hydrogen-bond acceptors (Lipinski definition) is 4. The van der Waals surface area contributed by atoms with Crippen LogP contribution in [-0.4, -0.2) is 36.7 Å². The highest BCUT2D eigenvalue weighted by Gasteiger charge is 2.40. The average Bonchev–Trinajstić information content (AvgIpc) is 3.58. The molecule has 1 amide bonds. The predicted octanol–water partition coefficient (Wildman–Crippen LogP) is 3.54. The lowest BCUT2D eigenvalue weighted by molar-refractivity contribution is -0.153. The zero-order valence-corrected chi connectivity index (χ0v) is 16.8. The van der Waals surface area contributed by atoms with Gasteiger partial charge in [0.25, 0.3) is 5.91 Å². The lowest BCUT2D eigenvalue weighted by Gasteiger charge is -2.31. The van der Waals surface area contributed by atoms with E-state index in [0.717, 1.165) is 6.61 Å². The predicted molar refractivity (Wildman–Crippen MR) is 104 cm³/mol. The third-order valence-corrected chi connectivity index (χ3v) is 6.10. The van der Waals surface area contributed by atoms with E-state index in [0.29, 0.717) is 42.8 Å². The van der Waals surface area contributed by atoms with Crippen LogP contribution >= 0.6 is 0 Å². The average molecular weight is 376 g/mol. The van der Waals surface area contributed by atoms with Gasteiger partial charge in [0.1, 0.15) is 5.54 Å². The van der Waals surface area contributed by atoms with Gasteiger partial charge in [0.15, 0.2) is 0 Å². The van der Waals surface area contributed by atoms with E-state index in [4.69, 9.17) is 9.47 Å². The standard InChI is InChI=1S/C22H33NO4/c1-4-22(5-2,21(25)26-6-3)23-20(24)17-11-12-18(16-9-10-16)19(13-17)27-14-15-7-8-15/h11-13,15-16,18-19H,4-10,14H2,1-3H3,(H,23,24). The van der Waals surface area contributed by atoms with Gasteiger partial charge in [-0.05, 0) is 63.4 Å². The Morgan fingerprint density at radius 2 is 1.85 bits per heavy atom. The van der Waals surface area contributed by atoms with Crippen LogP contribution < -0.4 is 5.32 Å². The van der Waals surface area contributed by atoms with Crippen molar-refractivity contribution in [1.29, 1.82) is 0 Å². The second-order valence-corrected chi connectivity index (χ2v) is 8.10. The molecule has 0 aromatic rings. The molecule has 2 atom stereocenters. The number of esters is 1. The topological polar surface area (TPSA) is 64.6 Å². The minimum Gasteiger partial charge on any atom is -0.464 e. The molecule has 27 heavy (non-hydrogen) atoms. The second kappa shape index (κ2) is 8.59. The van der Waals surface area contributed by atoms with Gasteiger partial charge >= 0.3 is 5.97 Å². The Bertz CT molecular complexity index is 612. The number of carbonyl (C=O) groups excluding carboxylic acids is 2. The first-order valence-electron chi connectivity index (χ1n) is 10.5. The van der Waals surface area contributed by atoms with Crippen molar-refractivity contribution in [3.05, 3.63) is 23.8 Å². The zero-order valence-electron chi connectivity index (χ0n) is 16.8. The van der Waals surface area contributed by atoms with E-state index in [-0.39, 0.29) is 18.0 Å². The Hall–Kier alpha value is -1.62. The van der Waals surface area contributed by atoms with Gasteiger partial charge in [-0.3, -0.25) is 4.79 Å². The van der Waals surface area contributed by atoms with Gasteiger partial charge in [-0.1, -0.05) is 26.0 Å². The molecule has 150 valence electrons. The summed E-state index contributed by atoms with van der Waals surface area (Å²) in [6.07, 6.45) is 11.9. The van der Waals surface area contributed by atoms with Gasteiger partial charge < -0.3 is 14.8 Å². The van der Waals surface area contributed by atoms with E-state index < -0.39 is 5.54 Å². The van der Waals surface area contributed by atoms with Gasteiger partial charge in [-0.15, -0.1) is 0 Å². The summed E-state index contributed by atoms with van der Waals surface area (Å²) >= 11 is 0. The number of nitrogens with one attached hydrogen (secondary N) is 1. The van der Waals surface area contributed by atoms with E-state index >= 15 is 0 Å². The van der Waals surface area contributed by atoms with Crippen molar-refractivity contribution in [3.63, 3.8) is 0 Å². The van der Waals surface area contributed by atoms with E-state index in [1.54, 1.807) is 6.92 Å². The first-order chi connectivity index (χ1) is 13.0. The fourth-order valence-electron chi connectivity index (χ4n) is 3.74. The molecule has 0 saturated heterocycles. The highest BCUT2D eigenvalue weighted by atomic mass is 16.5. The summed E-state index contributed by atoms with van der Waals surface area (Å²) in [7, 11) is 0. The maximum atomic E-state index is 12.9. The van der Waals surface area contributed by atoms with Gasteiger partial charge in [0.05, 0.1) is 19.3 Å². The number of hydrogen-bond donors (Lipinski definition) is 1. The maximum absolute atomic E-state index is 12.9. The van der Waals surface area contributed by atoms with Crippen molar-refractivity contribution in [2.24, 2.45) is 17.8 Å². The summed E-state index contributed by atoms with van der Waals surface area (Å²) in [5.41, 5.74) is -0.386. The van der Waals surface area contributed by atoms with Gasteiger partial charge in [0.2, 0.25) is 0 Å². The molecule has 2 saturated carbocycles. The largest absolute Gasteiger partial charge is 0.464 e. The van der Waals surface area contributed by atoms with Crippen LogP contribution in [0.4, 0.5) is 0 Å². The van der Waals surface area contributed by atoms with Crippen LogP contribution in [0, 0.1) is 17.8 Å². The van der Waals surface area contributed by atoms with E-state index in [1.165, 1.54) is 25.7 Å². The molecule has 0 heterocycles. The monoisotopic (exact) mass is 375 g/mol. The Balaban J connectivity index is 1.70. The molecule has 0 radical (unpaired) electrons. The van der Waals surface area contributed by atoms with Crippen LogP contribution in [0.5, 0.6) is 0 Å². The summed E-state index contributed by atoms with van der Waals surface area (Å²) in [5.74, 6) is 1.15. The molecule has 5 heteroatoms. The normalized spacial score (nSPS) is 25.1. The molecule has 2 fully saturated rings. The molecule has 0 spiro atoms. The smallest absolute Gasteiger partial charge is 0.331 e. The Kier molecular flexibility index (Phi) is 6.40. The van der Waals surface area contributed by atoms with Crippen molar-refractivity contribution >= 4 is 11.9 Å². The molecule has 0 aromatic heterocycles. The second-order valence-electron chi connectivity index (χ2n) is 8.10. The molecule has 0 aromatic carbocycles. The summed E-state index contributed by atoms with van der Waals surface area (Å²) in [6.45, 7) is 6.66. The fourth-order valence-corrected chi connectivity index (χ4v) is 3.74. The van der Waals surface area contributed by atoms with Crippen LogP contribution in [0.25, 0.3) is 0 Å². The first-order valence-corrected chi connectivity index (χ1v) is 10.5.